The lowest BCUT2D eigenvalue weighted by molar-refractivity contribution is 0.810. The van der Waals surface area contributed by atoms with Gasteiger partial charge in [0, 0.05) is 18.8 Å². The molecule has 3 heteroatoms. The fourth-order valence-corrected chi connectivity index (χ4v) is 2.96. The van der Waals surface area contributed by atoms with Crippen molar-refractivity contribution >= 4 is 11.4 Å². The van der Waals surface area contributed by atoms with E-state index >= 15 is 0 Å². The molecule has 110 valence electrons. The molecular weight excluding hydrogens is 270 g/mol. The molecule has 0 amide bonds. The first kappa shape index (κ1) is 14.3. The molecule has 1 aliphatic rings. The third kappa shape index (κ3) is 2.73. The van der Waals surface area contributed by atoms with Crippen LogP contribution in [-0.2, 0) is 0 Å². The Kier molecular flexibility index (Phi) is 3.93. The summed E-state index contributed by atoms with van der Waals surface area (Å²) in [5.41, 5.74) is 5.32. The Hall–Kier alpha value is -2.60. The maximum atomic E-state index is 9.42. The molecule has 1 aromatic carbocycles. The number of rotatable bonds is 2. The van der Waals surface area contributed by atoms with Crippen LogP contribution in [-0.4, -0.2) is 18.1 Å². The van der Waals surface area contributed by atoms with E-state index in [0.717, 1.165) is 36.6 Å². The third-order valence-corrected chi connectivity index (χ3v) is 4.09. The zero-order valence-electron chi connectivity index (χ0n) is 13.0. The van der Waals surface area contributed by atoms with Crippen molar-refractivity contribution in [2.24, 2.45) is 0 Å². The van der Waals surface area contributed by atoms with Crippen molar-refractivity contribution in [3.8, 4) is 6.07 Å². The maximum Gasteiger partial charge on any atom is 0.147 e. The van der Waals surface area contributed by atoms with Gasteiger partial charge in [0.05, 0.1) is 5.56 Å². The van der Waals surface area contributed by atoms with Crippen molar-refractivity contribution < 1.29 is 0 Å². The van der Waals surface area contributed by atoms with E-state index in [9.17, 15) is 5.26 Å². The van der Waals surface area contributed by atoms with Crippen LogP contribution in [0.5, 0.6) is 0 Å². The van der Waals surface area contributed by atoms with Gasteiger partial charge in [-0.1, -0.05) is 36.4 Å². The minimum absolute atomic E-state index is 0.696. The average Bonchev–Trinajstić information content (AvgIpc) is 2.55. The molecule has 0 radical (unpaired) electrons. The van der Waals surface area contributed by atoms with Crippen molar-refractivity contribution in [3.63, 3.8) is 0 Å². The molecule has 1 aromatic heterocycles. The molecule has 0 saturated carbocycles. The first-order valence-corrected chi connectivity index (χ1v) is 7.57. The molecule has 3 nitrogen and oxygen atoms in total. The molecule has 0 bridgehead atoms. The fraction of sp³-hybridized carbons (Fsp3) is 0.263. The summed E-state index contributed by atoms with van der Waals surface area (Å²) in [5, 5.41) is 9.42. The van der Waals surface area contributed by atoms with E-state index in [4.69, 9.17) is 0 Å². The molecule has 0 saturated heterocycles. The summed E-state index contributed by atoms with van der Waals surface area (Å²) in [4.78, 5) is 6.80. The Morgan fingerprint density at radius 3 is 2.59 bits per heavy atom. The van der Waals surface area contributed by atoms with Gasteiger partial charge in [0.2, 0.25) is 0 Å². The first-order valence-electron chi connectivity index (χ1n) is 7.57. The number of pyridine rings is 1. The molecule has 0 N–H and O–H groups in total. The number of nitriles is 1. The van der Waals surface area contributed by atoms with Crippen LogP contribution in [0.25, 0.3) is 5.57 Å². The van der Waals surface area contributed by atoms with Crippen LogP contribution < -0.4 is 4.90 Å². The van der Waals surface area contributed by atoms with Crippen LogP contribution in [0.15, 0.2) is 42.5 Å². The van der Waals surface area contributed by atoms with E-state index in [2.05, 4.69) is 46.3 Å². The number of aromatic nitrogens is 1. The summed E-state index contributed by atoms with van der Waals surface area (Å²) >= 11 is 0. The Labute approximate surface area is 131 Å². The normalized spacial score (nSPS) is 14.4. The van der Waals surface area contributed by atoms with Gasteiger partial charge in [-0.2, -0.15) is 5.26 Å². The highest BCUT2D eigenvalue weighted by molar-refractivity contribution is 5.69. The summed E-state index contributed by atoms with van der Waals surface area (Å²) in [7, 11) is 0. The lowest BCUT2D eigenvalue weighted by Crippen LogP contribution is -2.30. The van der Waals surface area contributed by atoms with Crippen molar-refractivity contribution in [2.75, 3.05) is 18.0 Å². The van der Waals surface area contributed by atoms with E-state index in [1.54, 1.807) is 0 Å². The average molecular weight is 289 g/mol. The summed E-state index contributed by atoms with van der Waals surface area (Å²) < 4.78 is 0. The number of hydrogen-bond donors (Lipinski definition) is 0. The Balaban J connectivity index is 1.88. The highest BCUT2D eigenvalue weighted by Gasteiger charge is 2.19. The van der Waals surface area contributed by atoms with Gasteiger partial charge in [0.15, 0.2) is 0 Å². The standard InChI is InChI=1S/C19H19N3/c1-14-12-15(2)21-19(18(14)13-20)22-10-8-17(9-11-22)16-6-4-3-5-7-16/h3-8,12H,9-11H2,1-2H3. The summed E-state index contributed by atoms with van der Waals surface area (Å²) in [6.07, 6.45) is 3.23. The van der Waals surface area contributed by atoms with Gasteiger partial charge in [-0.15, -0.1) is 0 Å². The zero-order chi connectivity index (χ0) is 15.5. The van der Waals surface area contributed by atoms with Gasteiger partial charge in [-0.05, 0) is 43.0 Å². The molecule has 2 heterocycles. The molecular formula is C19H19N3. The molecule has 2 aromatic rings. The van der Waals surface area contributed by atoms with Gasteiger partial charge in [-0.25, -0.2) is 4.98 Å². The predicted octanol–water partition coefficient (Wildman–Crippen LogP) is 3.86. The van der Waals surface area contributed by atoms with Crippen LogP contribution in [0.1, 0.15) is 28.8 Å². The predicted molar refractivity (Wildman–Crippen MR) is 89.7 cm³/mol. The second-order valence-corrected chi connectivity index (χ2v) is 5.68. The van der Waals surface area contributed by atoms with E-state index in [-0.39, 0.29) is 0 Å². The molecule has 0 unspecified atom stereocenters. The molecule has 1 aliphatic heterocycles. The second kappa shape index (κ2) is 6.03. The van der Waals surface area contributed by atoms with E-state index < -0.39 is 0 Å². The largest absolute Gasteiger partial charge is 0.351 e. The number of nitrogens with zero attached hydrogens (tertiary/aromatic N) is 3. The van der Waals surface area contributed by atoms with Gasteiger partial charge >= 0.3 is 0 Å². The van der Waals surface area contributed by atoms with Crippen molar-refractivity contribution in [2.45, 2.75) is 20.3 Å². The van der Waals surface area contributed by atoms with Crippen LogP contribution >= 0.6 is 0 Å². The van der Waals surface area contributed by atoms with Gasteiger partial charge < -0.3 is 4.90 Å². The number of anilines is 1. The Morgan fingerprint density at radius 1 is 1.18 bits per heavy atom. The third-order valence-electron chi connectivity index (χ3n) is 4.09. The minimum atomic E-state index is 0.696. The lowest BCUT2D eigenvalue weighted by Gasteiger charge is -2.29. The molecule has 22 heavy (non-hydrogen) atoms. The van der Waals surface area contributed by atoms with Crippen molar-refractivity contribution in [1.29, 1.82) is 5.26 Å². The molecule has 0 atom stereocenters. The quantitative estimate of drug-likeness (QED) is 0.842. The number of aryl methyl sites for hydroxylation is 2. The van der Waals surface area contributed by atoms with E-state index in [1.165, 1.54) is 11.1 Å². The van der Waals surface area contributed by atoms with Gasteiger partial charge in [-0.3, -0.25) is 0 Å². The summed E-state index contributed by atoms with van der Waals surface area (Å²) in [6.45, 7) is 5.65. The zero-order valence-corrected chi connectivity index (χ0v) is 13.0. The summed E-state index contributed by atoms with van der Waals surface area (Å²) in [5.74, 6) is 0.823. The van der Waals surface area contributed by atoms with Crippen LogP contribution in [0.2, 0.25) is 0 Å². The highest BCUT2D eigenvalue weighted by Crippen LogP contribution is 2.27. The molecule has 0 aliphatic carbocycles. The maximum absolute atomic E-state index is 9.42. The Morgan fingerprint density at radius 2 is 1.95 bits per heavy atom. The van der Waals surface area contributed by atoms with Crippen LogP contribution in [0.3, 0.4) is 0 Å². The first-order chi connectivity index (χ1) is 10.7. The van der Waals surface area contributed by atoms with Crippen LogP contribution in [0.4, 0.5) is 5.82 Å². The molecule has 0 fully saturated rings. The highest BCUT2D eigenvalue weighted by atomic mass is 15.2. The SMILES string of the molecule is Cc1cc(C)c(C#N)c(N2CC=C(c3ccccc3)CC2)n1. The van der Waals surface area contributed by atoms with E-state index in [0.29, 0.717) is 5.56 Å². The lowest BCUT2D eigenvalue weighted by atomic mass is 9.99. The monoisotopic (exact) mass is 289 g/mol. The molecule has 3 rings (SSSR count). The second-order valence-electron chi connectivity index (χ2n) is 5.68. The van der Waals surface area contributed by atoms with E-state index in [1.807, 2.05) is 26.0 Å². The molecule has 0 spiro atoms. The minimum Gasteiger partial charge on any atom is -0.351 e. The van der Waals surface area contributed by atoms with Crippen molar-refractivity contribution in [1.82, 2.24) is 4.98 Å². The fourth-order valence-electron chi connectivity index (χ4n) is 2.96. The van der Waals surface area contributed by atoms with Gasteiger partial charge in [0.25, 0.3) is 0 Å². The topological polar surface area (TPSA) is 39.9 Å². The summed E-state index contributed by atoms with van der Waals surface area (Å²) in [6, 6.07) is 14.8. The number of benzene rings is 1. The van der Waals surface area contributed by atoms with Gasteiger partial charge in [0.1, 0.15) is 11.9 Å². The van der Waals surface area contributed by atoms with Crippen LogP contribution in [0, 0.1) is 25.2 Å². The number of hydrogen-bond acceptors (Lipinski definition) is 3. The smallest absolute Gasteiger partial charge is 0.147 e. The van der Waals surface area contributed by atoms with Crippen molar-refractivity contribution in [3.05, 3.63) is 64.9 Å². The Bertz CT molecular complexity index is 754.